The monoisotopic (exact) mass is 481 g/mol. The molecule has 1 N–H and O–H groups in total. The number of hydrogen-bond acceptors (Lipinski definition) is 5. The van der Waals surface area contributed by atoms with E-state index in [9.17, 15) is 26.4 Å². The third-order valence-electron chi connectivity index (χ3n) is 4.82. The van der Waals surface area contributed by atoms with E-state index in [4.69, 9.17) is 11.6 Å². The van der Waals surface area contributed by atoms with Gasteiger partial charge in [0.25, 0.3) is 0 Å². The van der Waals surface area contributed by atoms with Gasteiger partial charge in [0.1, 0.15) is 0 Å². The van der Waals surface area contributed by atoms with Crippen molar-refractivity contribution in [2.75, 3.05) is 24.7 Å². The molecule has 0 unspecified atom stereocenters. The SMILES string of the molecule is CS(=O)(=O)N1CCC(C(=O)Nc2ncc(Cc3cc(C(F)(F)F)ccc3Cl)s2)CC1. The van der Waals surface area contributed by atoms with E-state index in [1.54, 1.807) is 0 Å². The molecular weight excluding hydrogens is 463 g/mol. The van der Waals surface area contributed by atoms with Gasteiger partial charge in [-0.25, -0.2) is 17.7 Å². The molecule has 1 aromatic heterocycles. The Morgan fingerprint density at radius 2 is 2.00 bits per heavy atom. The summed E-state index contributed by atoms with van der Waals surface area (Å²) in [5, 5.41) is 3.27. The van der Waals surface area contributed by atoms with Gasteiger partial charge < -0.3 is 5.32 Å². The Morgan fingerprint density at radius 1 is 1.33 bits per heavy atom. The molecule has 0 saturated carbocycles. The quantitative estimate of drug-likeness (QED) is 0.699. The summed E-state index contributed by atoms with van der Waals surface area (Å²) in [7, 11) is -3.27. The predicted octanol–water partition coefficient (Wildman–Crippen LogP) is 4.02. The van der Waals surface area contributed by atoms with Gasteiger partial charge >= 0.3 is 6.18 Å². The number of amides is 1. The highest BCUT2D eigenvalue weighted by atomic mass is 35.5. The van der Waals surface area contributed by atoms with E-state index < -0.39 is 21.8 Å². The van der Waals surface area contributed by atoms with Crippen LogP contribution in [0, 0.1) is 5.92 Å². The molecule has 1 saturated heterocycles. The summed E-state index contributed by atoms with van der Waals surface area (Å²) in [6, 6.07) is 3.15. The highest BCUT2D eigenvalue weighted by molar-refractivity contribution is 7.88. The van der Waals surface area contributed by atoms with Crippen molar-refractivity contribution in [3.05, 3.63) is 45.4 Å². The molecule has 2 heterocycles. The Balaban J connectivity index is 1.62. The van der Waals surface area contributed by atoms with Crippen molar-refractivity contribution in [1.29, 1.82) is 0 Å². The molecule has 1 aliphatic heterocycles. The minimum atomic E-state index is -4.46. The number of carbonyl (C=O) groups excluding carboxylic acids is 1. The van der Waals surface area contributed by atoms with Crippen LogP contribution in [0.1, 0.15) is 28.8 Å². The molecule has 1 aromatic carbocycles. The zero-order valence-corrected chi connectivity index (χ0v) is 18.3. The van der Waals surface area contributed by atoms with Crippen molar-refractivity contribution in [3.63, 3.8) is 0 Å². The van der Waals surface area contributed by atoms with Gasteiger partial charge in [0.05, 0.1) is 11.8 Å². The van der Waals surface area contributed by atoms with E-state index in [2.05, 4.69) is 10.3 Å². The van der Waals surface area contributed by atoms with E-state index in [1.165, 1.54) is 16.6 Å². The van der Waals surface area contributed by atoms with Crippen molar-refractivity contribution in [1.82, 2.24) is 9.29 Å². The second kappa shape index (κ2) is 8.81. The second-order valence-electron chi connectivity index (χ2n) is 7.04. The summed E-state index contributed by atoms with van der Waals surface area (Å²) < 4.78 is 63.2. The average Bonchev–Trinajstić information content (AvgIpc) is 3.09. The van der Waals surface area contributed by atoms with Crippen LogP contribution in [0.2, 0.25) is 5.02 Å². The van der Waals surface area contributed by atoms with Crippen molar-refractivity contribution in [2.45, 2.75) is 25.4 Å². The number of rotatable bonds is 5. The van der Waals surface area contributed by atoms with Gasteiger partial charge in [-0.3, -0.25) is 4.79 Å². The largest absolute Gasteiger partial charge is 0.416 e. The molecule has 12 heteroatoms. The van der Waals surface area contributed by atoms with Crippen molar-refractivity contribution < 1.29 is 26.4 Å². The number of thiazole rings is 1. The molecule has 2 aromatic rings. The minimum Gasteiger partial charge on any atom is -0.302 e. The van der Waals surface area contributed by atoms with Crippen LogP contribution >= 0.6 is 22.9 Å². The molecule has 0 atom stereocenters. The first-order valence-corrected chi connectivity index (χ1v) is 12.0. The first-order valence-electron chi connectivity index (χ1n) is 9.00. The fraction of sp³-hybridized carbons (Fsp3) is 0.444. The third kappa shape index (κ3) is 5.71. The maximum atomic E-state index is 12.9. The number of sulfonamides is 1. The fourth-order valence-corrected chi connectivity index (χ4v) is 5.08. The van der Waals surface area contributed by atoms with Crippen molar-refractivity contribution in [2.24, 2.45) is 5.92 Å². The molecule has 0 spiro atoms. The number of aromatic nitrogens is 1. The number of benzene rings is 1. The molecule has 0 aliphatic carbocycles. The van der Waals surface area contributed by atoms with E-state index in [0.29, 0.717) is 28.4 Å². The van der Waals surface area contributed by atoms with E-state index in [-0.39, 0.29) is 36.4 Å². The van der Waals surface area contributed by atoms with Crippen LogP contribution in [0.4, 0.5) is 18.3 Å². The maximum absolute atomic E-state index is 12.9. The number of nitrogens with zero attached hydrogens (tertiary/aromatic N) is 2. The number of alkyl halides is 3. The van der Waals surface area contributed by atoms with Gasteiger partial charge in [-0.05, 0) is 36.6 Å². The van der Waals surface area contributed by atoms with Gasteiger partial charge in [-0.15, -0.1) is 11.3 Å². The number of carbonyl (C=O) groups is 1. The highest BCUT2D eigenvalue weighted by Gasteiger charge is 2.31. The van der Waals surface area contributed by atoms with Crippen LogP contribution in [0.5, 0.6) is 0 Å². The summed E-state index contributed by atoms with van der Waals surface area (Å²) in [6.07, 6.45) is -0.847. The Hall–Kier alpha value is -1.69. The molecule has 3 rings (SSSR count). The molecule has 1 amide bonds. The number of hydrogen-bond donors (Lipinski definition) is 1. The smallest absolute Gasteiger partial charge is 0.302 e. The topological polar surface area (TPSA) is 79.4 Å². The summed E-state index contributed by atoms with van der Waals surface area (Å²) in [5.41, 5.74) is -0.457. The van der Waals surface area contributed by atoms with Crippen molar-refractivity contribution >= 4 is 44.0 Å². The molecule has 1 aliphatic rings. The van der Waals surface area contributed by atoms with Gasteiger partial charge in [0, 0.05) is 41.5 Å². The second-order valence-corrected chi connectivity index (χ2v) is 10.5. The van der Waals surface area contributed by atoms with Crippen LogP contribution in [0.15, 0.2) is 24.4 Å². The predicted molar refractivity (Wildman–Crippen MR) is 109 cm³/mol. The van der Waals surface area contributed by atoms with Crippen LogP contribution in [0.25, 0.3) is 0 Å². The van der Waals surface area contributed by atoms with Gasteiger partial charge in [-0.1, -0.05) is 11.6 Å². The van der Waals surface area contributed by atoms with E-state index >= 15 is 0 Å². The molecule has 30 heavy (non-hydrogen) atoms. The number of nitrogens with one attached hydrogen (secondary N) is 1. The van der Waals surface area contributed by atoms with Gasteiger partial charge in [-0.2, -0.15) is 13.2 Å². The lowest BCUT2D eigenvalue weighted by Crippen LogP contribution is -2.40. The van der Waals surface area contributed by atoms with Crippen LogP contribution < -0.4 is 5.32 Å². The van der Waals surface area contributed by atoms with Crippen LogP contribution in [-0.4, -0.2) is 43.0 Å². The number of halogens is 4. The Kier molecular flexibility index (Phi) is 6.75. The summed E-state index contributed by atoms with van der Waals surface area (Å²) in [6.45, 7) is 0.572. The van der Waals surface area contributed by atoms with Crippen LogP contribution in [0.3, 0.4) is 0 Å². The van der Waals surface area contributed by atoms with Crippen molar-refractivity contribution in [3.8, 4) is 0 Å². The fourth-order valence-electron chi connectivity index (χ4n) is 3.18. The lowest BCUT2D eigenvalue weighted by molar-refractivity contribution is -0.137. The number of anilines is 1. The Morgan fingerprint density at radius 3 is 2.60 bits per heavy atom. The Bertz CT molecular complexity index is 1030. The summed E-state index contributed by atoms with van der Waals surface area (Å²) >= 11 is 7.19. The zero-order valence-electron chi connectivity index (χ0n) is 15.9. The third-order valence-corrected chi connectivity index (χ3v) is 7.40. The summed E-state index contributed by atoms with van der Waals surface area (Å²) in [4.78, 5) is 17.2. The maximum Gasteiger partial charge on any atom is 0.416 e. The molecular formula is C18H19ClF3N3O3S2. The average molecular weight is 482 g/mol. The molecule has 0 radical (unpaired) electrons. The molecule has 6 nitrogen and oxygen atoms in total. The molecule has 164 valence electrons. The van der Waals surface area contributed by atoms with E-state index in [0.717, 1.165) is 29.7 Å². The lowest BCUT2D eigenvalue weighted by Gasteiger charge is -2.29. The standard InChI is InChI=1S/C18H19ClF3N3O3S2/c1-30(27,28)25-6-4-11(5-7-25)16(26)24-17-23-10-14(29-17)9-12-8-13(18(20,21)22)2-3-15(12)19/h2-3,8,10-11H,4-7,9H2,1H3,(H,23,24,26). The van der Waals surface area contributed by atoms with Gasteiger partial charge in [0.15, 0.2) is 5.13 Å². The lowest BCUT2D eigenvalue weighted by atomic mass is 9.97. The highest BCUT2D eigenvalue weighted by Crippen LogP contribution is 2.33. The van der Waals surface area contributed by atoms with Crippen LogP contribution in [-0.2, 0) is 27.4 Å². The normalized spacial score (nSPS) is 16.6. The summed E-state index contributed by atoms with van der Waals surface area (Å²) in [5.74, 6) is -0.575. The number of piperidine rings is 1. The zero-order chi connectivity index (χ0) is 22.1. The first kappa shape index (κ1) is 23.0. The Labute approximate surface area is 181 Å². The first-order chi connectivity index (χ1) is 13.9. The molecule has 0 bridgehead atoms. The van der Waals surface area contributed by atoms with E-state index in [1.807, 2.05) is 0 Å². The molecule has 1 fully saturated rings. The van der Waals surface area contributed by atoms with Gasteiger partial charge in [0.2, 0.25) is 15.9 Å². The minimum absolute atomic E-state index is 0.156.